The second-order valence-corrected chi connectivity index (χ2v) is 8.96. The van der Waals surface area contributed by atoms with Crippen LogP contribution in [0.3, 0.4) is 0 Å². The number of anilines is 2. The first-order valence-corrected chi connectivity index (χ1v) is 11.6. The number of rotatable bonds is 5. The maximum Gasteiger partial charge on any atom is 0.355 e. The molecule has 0 fully saturated rings. The molecule has 0 aliphatic carbocycles. The molecule has 1 aliphatic rings. The number of nitrogens with two attached hydrogens (primary N) is 1. The van der Waals surface area contributed by atoms with Crippen molar-refractivity contribution in [3.8, 4) is 6.07 Å². The van der Waals surface area contributed by atoms with Gasteiger partial charge in [0.15, 0.2) is 0 Å². The Kier molecular flexibility index (Phi) is 6.74. The zero-order valence-corrected chi connectivity index (χ0v) is 22.0. The predicted octanol–water partition coefficient (Wildman–Crippen LogP) is 1.84. The van der Waals surface area contributed by atoms with Crippen molar-refractivity contribution in [2.24, 2.45) is 19.8 Å². The van der Waals surface area contributed by atoms with Gasteiger partial charge in [-0.2, -0.15) is 5.26 Å². The molecule has 0 saturated heterocycles. The van der Waals surface area contributed by atoms with E-state index in [4.69, 9.17) is 15.2 Å². The minimum absolute atomic E-state index is 0.0519. The lowest BCUT2D eigenvalue weighted by Gasteiger charge is -2.37. The largest absolute Gasteiger partial charge is 0.466 e. The Bertz CT molecular complexity index is 1620. The van der Waals surface area contributed by atoms with Crippen LogP contribution in [0, 0.1) is 11.3 Å². The van der Waals surface area contributed by atoms with Gasteiger partial charge in [-0.15, -0.1) is 0 Å². The number of methoxy groups -OCH3 is 2. The summed E-state index contributed by atoms with van der Waals surface area (Å²) in [6, 6.07) is 14.4. The van der Waals surface area contributed by atoms with Crippen LogP contribution in [0.15, 0.2) is 69.9 Å². The van der Waals surface area contributed by atoms with Crippen LogP contribution in [0.1, 0.15) is 11.5 Å². The van der Waals surface area contributed by atoms with E-state index in [-0.39, 0.29) is 28.4 Å². The van der Waals surface area contributed by atoms with Gasteiger partial charge in [0.25, 0.3) is 0 Å². The average Bonchev–Trinajstić information content (AvgIpc) is 3.14. The van der Waals surface area contributed by atoms with Crippen molar-refractivity contribution in [3.05, 3.63) is 81.2 Å². The number of hydrogen-bond donors (Lipinski definition) is 1. The van der Waals surface area contributed by atoms with Gasteiger partial charge in [-0.3, -0.25) is 14.0 Å². The fourth-order valence-corrected chi connectivity index (χ4v) is 4.82. The van der Waals surface area contributed by atoms with Crippen molar-refractivity contribution in [1.29, 1.82) is 5.26 Å². The Morgan fingerprint density at radius 3 is 2.11 bits per heavy atom. The van der Waals surface area contributed by atoms with Crippen LogP contribution in [0.25, 0.3) is 11.0 Å². The highest BCUT2D eigenvalue weighted by molar-refractivity contribution is 6.07. The molecule has 0 saturated carbocycles. The molecular formula is C27H28N6O5. The quantitative estimate of drug-likeness (QED) is 0.504. The summed E-state index contributed by atoms with van der Waals surface area (Å²) in [7, 11) is 9.25. The summed E-state index contributed by atoms with van der Waals surface area (Å²) in [5.74, 6) is -2.70. The highest BCUT2D eigenvalue weighted by Crippen LogP contribution is 2.45. The molecule has 2 heterocycles. The van der Waals surface area contributed by atoms with Gasteiger partial charge >= 0.3 is 17.6 Å². The molecular weight excluding hydrogens is 488 g/mol. The van der Waals surface area contributed by atoms with E-state index >= 15 is 0 Å². The van der Waals surface area contributed by atoms with E-state index in [1.54, 1.807) is 75.6 Å². The molecule has 2 aromatic carbocycles. The van der Waals surface area contributed by atoms with E-state index < -0.39 is 17.9 Å². The molecule has 0 spiro atoms. The number of carbonyl (C=O) groups is 2. The monoisotopic (exact) mass is 516 g/mol. The van der Waals surface area contributed by atoms with Crippen molar-refractivity contribution in [2.75, 3.05) is 38.1 Å². The summed E-state index contributed by atoms with van der Waals surface area (Å²) in [5, 5.41) is 10.3. The van der Waals surface area contributed by atoms with Crippen LogP contribution >= 0.6 is 0 Å². The van der Waals surface area contributed by atoms with Gasteiger partial charge in [0.2, 0.25) is 0 Å². The molecule has 11 heteroatoms. The molecule has 0 radical (unpaired) electrons. The zero-order valence-electron chi connectivity index (χ0n) is 22.0. The standard InChI is InChI=1S/C27H28N6O5/c1-30(2)17-12-18-19(32(4)27(36)31(18)3)13-20(17)33-23(26(35)38-6)22(25(34)37-5)21(16(14-28)24(33)29)15-10-8-7-9-11-15/h7-13,21H,29H2,1-6H3. The Balaban J connectivity index is 2.18. The van der Waals surface area contributed by atoms with Crippen LogP contribution in [0.2, 0.25) is 0 Å². The first kappa shape index (κ1) is 26.1. The maximum atomic E-state index is 13.4. The molecule has 38 heavy (non-hydrogen) atoms. The zero-order chi connectivity index (χ0) is 27.9. The van der Waals surface area contributed by atoms with Crippen LogP contribution < -0.4 is 21.2 Å². The van der Waals surface area contributed by atoms with E-state index in [9.17, 15) is 19.6 Å². The summed E-state index contributed by atoms with van der Waals surface area (Å²) in [5.41, 5.74) is 8.89. The minimum atomic E-state index is -0.980. The van der Waals surface area contributed by atoms with Gasteiger partial charge in [0, 0.05) is 28.2 Å². The number of aromatic nitrogens is 2. The lowest BCUT2D eigenvalue weighted by Crippen LogP contribution is -2.41. The number of allylic oxidation sites excluding steroid dienone is 1. The first-order chi connectivity index (χ1) is 18.1. The lowest BCUT2D eigenvalue weighted by molar-refractivity contribution is -0.139. The van der Waals surface area contributed by atoms with E-state index in [2.05, 4.69) is 6.07 Å². The number of imidazole rings is 1. The molecule has 11 nitrogen and oxygen atoms in total. The van der Waals surface area contributed by atoms with Crippen molar-refractivity contribution in [1.82, 2.24) is 9.13 Å². The maximum absolute atomic E-state index is 13.4. The molecule has 1 unspecified atom stereocenters. The molecule has 0 amide bonds. The third-order valence-electron chi connectivity index (χ3n) is 6.70. The summed E-state index contributed by atoms with van der Waals surface area (Å²) in [4.78, 5) is 42.5. The first-order valence-electron chi connectivity index (χ1n) is 11.6. The fourth-order valence-electron chi connectivity index (χ4n) is 4.82. The summed E-state index contributed by atoms with van der Waals surface area (Å²) >= 11 is 0. The molecule has 1 aromatic heterocycles. The van der Waals surface area contributed by atoms with Gasteiger partial charge in [-0.05, 0) is 17.7 Å². The number of benzene rings is 2. The fraction of sp³-hybridized carbons (Fsp3) is 0.259. The number of ether oxygens (including phenoxy) is 2. The highest BCUT2D eigenvalue weighted by Gasteiger charge is 2.43. The van der Waals surface area contributed by atoms with Gasteiger partial charge < -0.3 is 20.1 Å². The van der Waals surface area contributed by atoms with Crippen LogP contribution in [0.5, 0.6) is 0 Å². The van der Waals surface area contributed by atoms with Gasteiger partial charge in [0.05, 0.1) is 59.8 Å². The van der Waals surface area contributed by atoms with Gasteiger partial charge in [-0.1, -0.05) is 30.3 Å². The number of aryl methyl sites for hydroxylation is 2. The molecule has 3 aromatic rings. The highest BCUT2D eigenvalue weighted by atomic mass is 16.5. The van der Waals surface area contributed by atoms with E-state index in [0.29, 0.717) is 28.0 Å². The number of nitriles is 1. The van der Waals surface area contributed by atoms with Crippen LogP contribution in [0.4, 0.5) is 11.4 Å². The van der Waals surface area contributed by atoms with E-state index in [1.165, 1.54) is 28.3 Å². The molecule has 4 rings (SSSR count). The van der Waals surface area contributed by atoms with Gasteiger partial charge in [-0.25, -0.2) is 14.4 Å². The van der Waals surface area contributed by atoms with Crippen molar-refractivity contribution in [3.63, 3.8) is 0 Å². The molecule has 2 N–H and O–H groups in total. The normalized spacial score (nSPS) is 15.5. The number of hydrogen-bond acceptors (Lipinski definition) is 9. The Morgan fingerprint density at radius 1 is 1.00 bits per heavy atom. The predicted molar refractivity (Wildman–Crippen MR) is 142 cm³/mol. The number of fused-ring (bicyclic) bond motifs is 1. The smallest absolute Gasteiger partial charge is 0.355 e. The second kappa shape index (κ2) is 9.82. The Labute approximate surface area is 219 Å². The van der Waals surface area contributed by atoms with Gasteiger partial charge in [0.1, 0.15) is 11.5 Å². The Morgan fingerprint density at radius 2 is 1.58 bits per heavy atom. The number of carbonyl (C=O) groups excluding carboxylic acids is 2. The van der Waals surface area contributed by atoms with Crippen LogP contribution in [-0.4, -0.2) is 49.4 Å². The number of esters is 2. The third-order valence-corrected chi connectivity index (χ3v) is 6.70. The molecule has 1 aliphatic heterocycles. The minimum Gasteiger partial charge on any atom is -0.466 e. The molecule has 0 bridgehead atoms. The Hall–Kier alpha value is -4.98. The van der Waals surface area contributed by atoms with Crippen molar-refractivity contribution < 1.29 is 19.1 Å². The van der Waals surface area contributed by atoms with Crippen molar-refractivity contribution >= 4 is 34.3 Å². The SMILES string of the molecule is COC(=O)C1=C(C(=O)OC)N(c2cc3c(cc2N(C)C)n(C)c(=O)n3C)C(N)=C(C#N)C1c1ccccc1. The van der Waals surface area contributed by atoms with Crippen LogP contribution in [-0.2, 0) is 33.2 Å². The van der Waals surface area contributed by atoms with E-state index in [0.717, 1.165) is 0 Å². The average molecular weight is 517 g/mol. The van der Waals surface area contributed by atoms with Crippen molar-refractivity contribution in [2.45, 2.75) is 5.92 Å². The lowest BCUT2D eigenvalue weighted by atomic mass is 9.81. The van der Waals surface area contributed by atoms with E-state index in [1.807, 2.05) is 0 Å². The topological polar surface area (TPSA) is 136 Å². The summed E-state index contributed by atoms with van der Waals surface area (Å²) in [6.45, 7) is 0. The second-order valence-electron chi connectivity index (χ2n) is 8.96. The number of nitrogens with zero attached hydrogens (tertiary/aromatic N) is 5. The summed E-state index contributed by atoms with van der Waals surface area (Å²) < 4.78 is 13.2. The summed E-state index contributed by atoms with van der Waals surface area (Å²) in [6.07, 6.45) is 0. The third kappa shape index (κ3) is 3.87. The molecule has 196 valence electrons. The molecule has 1 atom stereocenters.